The minimum absolute atomic E-state index is 0.0355. The first-order valence-electron chi connectivity index (χ1n) is 10.9. The fourth-order valence-corrected chi connectivity index (χ4v) is 4.76. The van der Waals surface area contributed by atoms with E-state index in [-0.39, 0.29) is 5.91 Å². The molecule has 1 amide bonds. The molecular formula is C26H25N3O2S. The van der Waals surface area contributed by atoms with Crippen LogP contribution in [-0.2, 0) is 6.54 Å². The Bertz CT molecular complexity index is 1280. The number of carbonyl (C=O) groups excluding carboxylic acids is 1. The van der Waals surface area contributed by atoms with Crippen molar-refractivity contribution in [2.24, 2.45) is 0 Å². The Hall–Kier alpha value is -3.25. The minimum atomic E-state index is 0.0355. The van der Waals surface area contributed by atoms with Gasteiger partial charge < -0.3 is 14.6 Å². The van der Waals surface area contributed by atoms with Gasteiger partial charge in [0.05, 0.1) is 17.6 Å². The van der Waals surface area contributed by atoms with Crippen LogP contribution in [0, 0.1) is 6.92 Å². The maximum absolute atomic E-state index is 13.2. The molecule has 0 radical (unpaired) electrons. The lowest BCUT2D eigenvalue weighted by Gasteiger charge is -2.20. The van der Waals surface area contributed by atoms with Gasteiger partial charge in [0.1, 0.15) is 18.2 Å². The number of benzene rings is 3. The van der Waals surface area contributed by atoms with Crippen LogP contribution in [0.1, 0.15) is 28.7 Å². The van der Waals surface area contributed by atoms with Crippen LogP contribution < -0.4 is 4.74 Å². The second kappa shape index (κ2) is 8.71. The quantitative estimate of drug-likeness (QED) is 0.412. The molecule has 162 valence electrons. The number of imidazole rings is 1. The summed E-state index contributed by atoms with van der Waals surface area (Å²) in [4.78, 5) is 24.1. The van der Waals surface area contributed by atoms with Crippen LogP contribution in [0.4, 0.5) is 0 Å². The van der Waals surface area contributed by atoms with Crippen molar-refractivity contribution in [1.29, 1.82) is 0 Å². The molecule has 1 aromatic heterocycles. The van der Waals surface area contributed by atoms with Gasteiger partial charge in [-0.15, -0.1) is 11.8 Å². The molecule has 0 aliphatic carbocycles. The highest BCUT2D eigenvalue weighted by atomic mass is 32.2. The fraction of sp³-hybridized carbons (Fsp3) is 0.231. The van der Waals surface area contributed by atoms with Gasteiger partial charge in [-0.25, -0.2) is 4.98 Å². The van der Waals surface area contributed by atoms with Crippen molar-refractivity contribution in [3.05, 3.63) is 77.6 Å². The zero-order valence-corrected chi connectivity index (χ0v) is 19.0. The highest BCUT2D eigenvalue weighted by Crippen LogP contribution is 2.31. The van der Waals surface area contributed by atoms with Crippen LogP contribution in [0.15, 0.2) is 65.6 Å². The van der Waals surface area contributed by atoms with Gasteiger partial charge in [-0.05, 0) is 72.3 Å². The van der Waals surface area contributed by atoms with Crippen LogP contribution in [-0.4, -0.2) is 39.7 Å². The van der Waals surface area contributed by atoms with Gasteiger partial charge in [0, 0.05) is 22.6 Å². The van der Waals surface area contributed by atoms with E-state index in [0.29, 0.717) is 25.3 Å². The van der Waals surface area contributed by atoms with Crippen molar-refractivity contribution < 1.29 is 9.53 Å². The summed E-state index contributed by atoms with van der Waals surface area (Å²) in [5, 5.41) is 0. The number of aryl methyl sites for hydroxylation is 1. The van der Waals surface area contributed by atoms with Crippen LogP contribution >= 0.6 is 11.8 Å². The molecule has 2 heterocycles. The first-order valence-corrected chi connectivity index (χ1v) is 11.8. The molecule has 1 N–H and O–H groups in total. The Morgan fingerprint density at radius 2 is 1.88 bits per heavy atom. The summed E-state index contributed by atoms with van der Waals surface area (Å²) < 4.78 is 5.97. The molecule has 0 fully saturated rings. The number of hydrogen-bond acceptors (Lipinski definition) is 4. The van der Waals surface area contributed by atoms with E-state index in [9.17, 15) is 4.79 Å². The largest absolute Gasteiger partial charge is 0.491 e. The molecular weight excluding hydrogens is 418 g/mol. The lowest BCUT2D eigenvalue weighted by molar-refractivity contribution is 0.0733. The average molecular weight is 444 g/mol. The van der Waals surface area contributed by atoms with E-state index in [4.69, 9.17) is 4.74 Å². The van der Waals surface area contributed by atoms with Crippen molar-refractivity contribution in [2.45, 2.75) is 25.3 Å². The van der Waals surface area contributed by atoms with E-state index in [1.54, 1.807) is 11.8 Å². The molecule has 0 saturated heterocycles. The Kier molecular flexibility index (Phi) is 5.62. The van der Waals surface area contributed by atoms with E-state index < -0.39 is 0 Å². The van der Waals surface area contributed by atoms with Crippen molar-refractivity contribution in [2.75, 3.05) is 18.9 Å². The van der Waals surface area contributed by atoms with E-state index in [1.807, 2.05) is 42.2 Å². The number of hydrogen-bond donors (Lipinski definition) is 1. The number of H-pyrrole nitrogens is 1. The Morgan fingerprint density at radius 3 is 2.69 bits per heavy atom. The molecule has 6 heteroatoms. The second-order valence-electron chi connectivity index (χ2n) is 7.91. The number of nitrogens with one attached hydrogen (secondary N) is 1. The molecule has 0 unspecified atom stereocenters. The van der Waals surface area contributed by atoms with Gasteiger partial charge in [-0.3, -0.25) is 4.79 Å². The molecule has 1 aliphatic heterocycles. The number of rotatable bonds is 4. The topological polar surface area (TPSA) is 58.2 Å². The Labute approximate surface area is 191 Å². The third-order valence-corrected chi connectivity index (χ3v) is 6.57. The Morgan fingerprint density at radius 1 is 1.09 bits per heavy atom. The van der Waals surface area contributed by atoms with Crippen molar-refractivity contribution in [3.8, 4) is 16.9 Å². The van der Waals surface area contributed by atoms with E-state index in [0.717, 1.165) is 45.1 Å². The predicted octanol–water partition coefficient (Wildman–Crippen LogP) is 5.69. The standard InChI is InChI=1S/C26H25N3O2S/c1-3-32-22-8-4-18(5-9-22)26(30)29-12-13-31-25-11-7-19(14-21(25)16-29)20-6-10-23-24(15-20)28-17(2)27-23/h4-11,14-15H,3,12-13,16H2,1-2H3,(H,27,28). The zero-order valence-electron chi connectivity index (χ0n) is 18.2. The van der Waals surface area contributed by atoms with E-state index in [1.165, 1.54) is 4.90 Å². The number of ether oxygens (including phenoxy) is 1. The Balaban J connectivity index is 1.41. The van der Waals surface area contributed by atoms with Gasteiger partial charge in [0.15, 0.2) is 0 Å². The van der Waals surface area contributed by atoms with Crippen LogP contribution in [0.2, 0.25) is 0 Å². The molecule has 4 aromatic rings. The second-order valence-corrected chi connectivity index (χ2v) is 9.25. The molecule has 3 aromatic carbocycles. The highest BCUT2D eigenvalue weighted by Gasteiger charge is 2.21. The number of amides is 1. The zero-order chi connectivity index (χ0) is 22.1. The first-order chi connectivity index (χ1) is 15.6. The number of carbonyl (C=O) groups is 1. The van der Waals surface area contributed by atoms with E-state index in [2.05, 4.69) is 47.2 Å². The van der Waals surface area contributed by atoms with Gasteiger partial charge in [-0.2, -0.15) is 0 Å². The third kappa shape index (κ3) is 4.10. The molecule has 0 atom stereocenters. The first kappa shape index (κ1) is 20.6. The van der Waals surface area contributed by atoms with Crippen LogP contribution in [0.3, 0.4) is 0 Å². The van der Waals surface area contributed by atoms with Crippen molar-refractivity contribution in [3.63, 3.8) is 0 Å². The predicted molar refractivity (Wildman–Crippen MR) is 129 cm³/mol. The molecule has 5 nitrogen and oxygen atoms in total. The van der Waals surface area contributed by atoms with E-state index >= 15 is 0 Å². The number of aromatic nitrogens is 2. The van der Waals surface area contributed by atoms with Gasteiger partial charge in [0.25, 0.3) is 5.91 Å². The fourth-order valence-electron chi connectivity index (χ4n) is 4.10. The van der Waals surface area contributed by atoms with Gasteiger partial charge in [-0.1, -0.05) is 19.1 Å². The summed E-state index contributed by atoms with van der Waals surface area (Å²) in [5.74, 6) is 2.80. The summed E-state index contributed by atoms with van der Waals surface area (Å²) >= 11 is 1.78. The maximum Gasteiger partial charge on any atom is 0.254 e. The summed E-state index contributed by atoms with van der Waals surface area (Å²) in [7, 11) is 0. The molecule has 0 bridgehead atoms. The SMILES string of the molecule is CCSc1ccc(C(=O)N2CCOc3ccc(-c4ccc5[nH]c(C)nc5c4)cc3C2)cc1. The summed E-state index contributed by atoms with van der Waals surface area (Å²) in [6, 6.07) is 20.3. The monoisotopic (exact) mass is 443 g/mol. The summed E-state index contributed by atoms with van der Waals surface area (Å²) in [6.45, 7) is 5.66. The normalized spacial score (nSPS) is 13.5. The number of fused-ring (bicyclic) bond motifs is 2. The molecule has 5 rings (SSSR count). The molecule has 1 aliphatic rings. The van der Waals surface area contributed by atoms with Crippen molar-refractivity contribution in [1.82, 2.24) is 14.9 Å². The van der Waals surface area contributed by atoms with Gasteiger partial charge in [0.2, 0.25) is 0 Å². The number of nitrogens with zero attached hydrogens (tertiary/aromatic N) is 2. The smallest absolute Gasteiger partial charge is 0.254 e. The minimum Gasteiger partial charge on any atom is -0.491 e. The maximum atomic E-state index is 13.2. The van der Waals surface area contributed by atoms with Crippen molar-refractivity contribution >= 4 is 28.7 Å². The molecule has 0 spiro atoms. The lowest BCUT2D eigenvalue weighted by Crippen LogP contribution is -2.32. The van der Waals surface area contributed by atoms with Gasteiger partial charge >= 0.3 is 0 Å². The molecule has 0 saturated carbocycles. The van der Waals surface area contributed by atoms with Crippen LogP contribution in [0.25, 0.3) is 22.2 Å². The third-order valence-electron chi connectivity index (χ3n) is 5.67. The summed E-state index contributed by atoms with van der Waals surface area (Å²) in [5.41, 5.74) is 5.90. The number of thioether (sulfide) groups is 1. The highest BCUT2D eigenvalue weighted by molar-refractivity contribution is 7.99. The lowest BCUT2D eigenvalue weighted by atomic mass is 10.0. The van der Waals surface area contributed by atoms with Crippen LogP contribution in [0.5, 0.6) is 5.75 Å². The average Bonchev–Trinajstić information content (AvgIpc) is 3.05. The molecule has 32 heavy (non-hydrogen) atoms. The summed E-state index contributed by atoms with van der Waals surface area (Å²) in [6.07, 6.45) is 0. The number of aromatic amines is 1.